The van der Waals surface area contributed by atoms with Crippen LogP contribution in [0, 0.1) is 11.8 Å². The predicted molar refractivity (Wildman–Crippen MR) is 84.4 cm³/mol. The molecule has 1 N–H and O–H groups in total. The van der Waals surface area contributed by atoms with E-state index in [-0.39, 0.29) is 5.91 Å². The highest BCUT2D eigenvalue weighted by molar-refractivity contribution is 5.81. The molecule has 2 saturated carbocycles. The van der Waals surface area contributed by atoms with Gasteiger partial charge in [-0.15, -0.1) is 5.10 Å². The van der Waals surface area contributed by atoms with Crippen molar-refractivity contribution in [3.63, 3.8) is 0 Å². The molecule has 2 aliphatic carbocycles. The van der Waals surface area contributed by atoms with Crippen LogP contribution in [0.3, 0.4) is 0 Å². The second-order valence-electron chi connectivity index (χ2n) is 6.70. The fraction of sp³-hybridized carbons (Fsp3) is 0.529. The van der Waals surface area contributed by atoms with Gasteiger partial charge in [0.15, 0.2) is 0 Å². The molecule has 0 saturated heterocycles. The standard InChI is InChI=1S/C17H21N5O/c23-17(19-16(13-6-7-13)14-8-9-14)15(22-11-18-20-21-22)10-12-4-2-1-3-5-12/h1-5,11,13-16H,6-10H2,(H,19,23). The molecule has 0 aliphatic heterocycles. The lowest BCUT2D eigenvalue weighted by atomic mass is 10.0. The summed E-state index contributed by atoms with van der Waals surface area (Å²) >= 11 is 0. The van der Waals surface area contributed by atoms with Crippen LogP contribution >= 0.6 is 0 Å². The van der Waals surface area contributed by atoms with Crippen LogP contribution in [0.5, 0.6) is 0 Å². The summed E-state index contributed by atoms with van der Waals surface area (Å²) in [5.74, 6) is 1.39. The van der Waals surface area contributed by atoms with Gasteiger partial charge in [0.05, 0.1) is 0 Å². The Morgan fingerprint density at radius 3 is 2.43 bits per heavy atom. The van der Waals surface area contributed by atoms with E-state index in [1.807, 2.05) is 30.3 Å². The fourth-order valence-electron chi connectivity index (χ4n) is 3.25. The van der Waals surface area contributed by atoms with Gasteiger partial charge in [0.1, 0.15) is 12.4 Å². The number of aromatic nitrogens is 4. The summed E-state index contributed by atoms with van der Waals surface area (Å²) in [5, 5.41) is 14.6. The number of amides is 1. The van der Waals surface area contributed by atoms with Crippen LogP contribution in [-0.2, 0) is 11.2 Å². The van der Waals surface area contributed by atoms with Crippen molar-refractivity contribution in [2.45, 2.75) is 44.2 Å². The zero-order chi connectivity index (χ0) is 15.6. The number of carbonyl (C=O) groups excluding carboxylic acids is 1. The van der Waals surface area contributed by atoms with E-state index in [4.69, 9.17) is 0 Å². The zero-order valence-corrected chi connectivity index (χ0v) is 13.0. The maximum absolute atomic E-state index is 12.9. The molecule has 0 spiro atoms. The molecule has 0 bridgehead atoms. The molecule has 1 aromatic carbocycles. The maximum atomic E-state index is 12.9. The third-order valence-corrected chi connectivity index (χ3v) is 4.83. The molecule has 2 aliphatic rings. The highest BCUT2D eigenvalue weighted by atomic mass is 16.2. The van der Waals surface area contributed by atoms with Crippen LogP contribution in [0.1, 0.15) is 37.3 Å². The van der Waals surface area contributed by atoms with Gasteiger partial charge in [-0.3, -0.25) is 4.79 Å². The van der Waals surface area contributed by atoms with Gasteiger partial charge in [-0.25, -0.2) is 4.68 Å². The Morgan fingerprint density at radius 2 is 1.87 bits per heavy atom. The Labute approximate surface area is 135 Å². The minimum atomic E-state index is -0.396. The smallest absolute Gasteiger partial charge is 0.245 e. The first-order chi connectivity index (χ1) is 11.3. The molecule has 2 fully saturated rings. The van der Waals surface area contributed by atoms with Crippen LogP contribution < -0.4 is 5.32 Å². The third kappa shape index (κ3) is 3.41. The number of hydrogen-bond acceptors (Lipinski definition) is 4. The molecule has 4 rings (SSSR count). The molecule has 2 aromatic rings. The van der Waals surface area contributed by atoms with Gasteiger partial charge in [-0.2, -0.15) is 0 Å². The first-order valence-corrected chi connectivity index (χ1v) is 8.38. The molecule has 120 valence electrons. The summed E-state index contributed by atoms with van der Waals surface area (Å²) < 4.78 is 1.57. The highest BCUT2D eigenvalue weighted by Gasteiger charge is 2.43. The molecule has 1 atom stereocenters. The zero-order valence-electron chi connectivity index (χ0n) is 13.0. The average molecular weight is 311 g/mol. The molecule has 6 nitrogen and oxygen atoms in total. The quantitative estimate of drug-likeness (QED) is 0.845. The number of nitrogens with one attached hydrogen (secondary N) is 1. The number of benzene rings is 1. The van der Waals surface area contributed by atoms with Crippen molar-refractivity contribution in [3.8, 4) is 0 Å². The van der Waals surface area contributed by atoms with Crippen LogP contribution in [0.25, 0.3) is 0 Å². The minimum Gasteiger partial charge on any atom is -0.351 e. The highest BCUT2D eigenvalue weighted by Crippen LogP contribution is 2.44. The second-order valence-corrected chi connectivity index (χ2v) is 6.70. The summed E-state index contributed by atoms with van der Waals surface area (Å²) in [7, 11) is 0. The molecular weight excluding hydrogens is 290 g/mol. The van der Waals surface area contributed by atoms with Crippen molar-refractivity contribution in [3.05, 3.63) is 42.2 Å². The topological polar surface area (TPSA) is 72.7 Å². The summed E-state index contributed by atoms with van der Waals surface area (Å²) in [6, 6.07) is 9.96. The van der Waals surface area contributed by atoms with Gasteiger partial charge in [-0.05, 0) is 53.5 Å². The number of tetrazole rings is 1. The monoisotopic (exact) mass is 311 g/mol. The summed E-state index contributed by atoms with van der Waals surface area (Å²) in [5.41, 5.74) is 1.11. The number of hydrogen-bond donors (Lipinski definition) is 1. The van der Waals surface area contributed by atoms with Crippen LogP contribution in [0.4, 0.5) is 0 Å². The number of rotatable bonds is 7. The lowest BCUT2D eigenvalue weighted by Crippen LogP contribution is -2.43. The molecule has 23 heavy (non-hydrogen) atoms. The Kier molecular flexibility index (Phi) is 3.81. The van der Waals surface area contributed by atoms with Crippen molar-refractivity contribution in [1.29, 1.82) is 0 Å². The van der Waals surface area contributed by atoms with Gasteiger partial charge in [0, 0.05) is 12.5 Å². The summed E-state index contributed by atoms with van der Waals surface area (Å²) in [6.45, 7) is 0. The number of nitrogens with zero attached hydrogens (tertiary/aromatic N) is 4. The van der Waals surface area contributed by atoms with Gasteiger partial charge in [-0.1, -0.05) is 30.3 Å². The molecule has 1 aromatic heterocycles. The molecule has 1 unspecified atom stereocenters. The first-order valence-electron chi connectivity index (χ1n) is 8.38. The molecule has 1 heterocycles. The average Bonchev–Trinajstić information content (AvgIpc) is 3.51. The SMILES string of the molecule is O=C(NC(C1CC1)C1CC1)C(Cc1ccccc1)n1cnnn1. The van der Waals surface area contributed by atoms with Crippen LogP contribution in [0.15, 0.2) is 36.7 Å². The van der Waals surface area contributed by atoms with Gasteiger partial charge >= 0.3 is 0 Å². The molecule has 1 amide bonds. The largest absolute Gasteiger partial charge is 0.351 e. The van der Waals surface area contributed by atoms with E-state index in [9.17, 15) is 4.79 Å². The van der Waals surface area contributed by atoms with E-state index in [0.29, 0.717) is 24.3 Å². The van der Waals surface area contributed by atoms with Crippen LogP contribution in [-0.4, -0.2) is 32.2 Å². The van der Waals surface area contributed by atoms with E-state index in [1.165, 1.54) is 32.0 Å². The Hall–Kier alpha value is -2.24. The van der Waals surface area contributed by atoms with Crippen LogP contribution in [0.2, 0.25) is 0 Å². The number of carbonyl (C=O) groups is 1. The van der Waals surface area contributed by atoms with Crippen molar-refractivity contribution < 1.29 is 4.79 Å². The lowest BCUT2D eigenvalue weighted by molar-refractivity contribution is -0.125. The molecule has 6 heteroatoms. The summed E-state index contributed by atoms with van der Waals surface area (Å²) in [4.78, 5) is 12.9. The summed E-state index contributed by atoms with van der Waals surface area (Å²) in [6.07, 6.45) is 7.10. The van der Waals surface area contributed by atoms with Gasteiger partial charge in [0.25, 0.3) is 0 Å². The van der Waals surface area contributed by atoms with Gasteiger partial charge < -0.3 is 5.32 Å². The molecule has 0 radical (unpaired) electrons. The second kappa shape index (κ2) is 6.10. The lowest BCUT2D eigenvalue weighted by Gasteiger charge is -2.22. The predicted octanol–water partition coefficient (Wildman–Crippen LogP) is 1.76. The Bertz CT molecular complexity index is 637. The first kappa shape index (κ1) is 14.4. The van der Waals surface area contributed by atoms with E-state index >= 15 is 0 Å². The maximum Gasteiger partial charge on any atom is 0.245 e. The minimum absolute atomic E-state index is 0.0324. The Balaban J connectivity index is 1.51. The molecular formula is C17H21N5O. The van der Waals surface area contributed by atoms with Crippen molar-refractivity contribution in [2.75, 3.05) is 0 Å². The van der Waals surface area contributed by atoms with E-state index in [1.54, 1.807) is 4.68 Å². The Morgan fingerprint density at radius 1 is 1.17 bits per heavy atom. The third-order valence-electron chi connectivity index (χ3n) is 4.83. The van der Waals surface area contributed by atoms with Crippen molar-refractivity contribution in [1.82, 2.24) is 25.5 Å². The van der Waals surface area contributed by atoms with Crippen molar-refractivity contribution >= 4 is 5.91 Å². The fourth-order valence-corrected chi connectivity index (χ4v) is 3.25. The normalized spacial score (nSPS) is 18.8. The van der Waals surface area contributed by atoms with E-state index < -0.39 is 6.04 Å². The van der Waals surface area contributed by atoms with E-state index in [0.717, 1.165) is 5.56 Å². The van der Waals surface area contributed by atoms with Crippen molar-refractivity contribution in [2.24, 2.45) is 11.8 Å². The van der Waals surface area contributed by atoms with Gasteiger partial charge in [0.2, 0.25) is 5.91 Å². The van der Waals surface area contributed by atoms with E-state index in [2.05, 4.69) is 20.8 Å².